The van der Waals surface area contributed by atoms with E-state index in [0.29, 0.717) is 0 Å². The summed E-state index contributed by atoms with van der Waals surface area (Å²) in [5.41, 5.74) is 4.49. The highest BCUT2D eigenvalue weighted by atomic mass is 32.2. The van der Waals surface area contributed by atoms with Crippen LogP contribution in [0.5, 0.6) is 0 Å². The van der Waals surface area contributed by atoms with Gasteiger partial charge in [0.15, 0.2) is 5.13 Å². The van der Waals surface area contributed by atoms with Crippen molar-refractivity contribution in [2.75, 3.05) is 25.3 Å². The SMILES string of the molecule is CN(C)Nc1nc2c(s1)CSCC2. The van der Waals surface area contributed by atoms with E-state index in [2.05, 4.69) is 10.4 Å². The van der Waals surface area contributed by atoms with Gasteiger partial charge in [-0.3, -0.25) is 5.43 Å². The van der Waals surface area contributed by atoms with Crippen molar-refractivity contribution in [3.05, 3.63) is 10.6 Å². The van der Waals surface area contributed by atoms with E-state index >= 15 is 0 Å². The summed E-state index contributed by atoms with van der Waals surface area (Å²) in [5, 5.41) is 2.95. The maximum absolute atomic E-state index is 4.54. The van der Waals surface area contributed by atoms with Crippen LogP contribution in [0.15, 0.2) is 0 Å². The fourth-order valence-electron chi connectivity index (χ4n) is 1.26. The molecule has 0 fully saturated rings. The highest BCUT2D eigenvalue weighted by Gasteiger charge is 2.15. The van der Waals surface area contributed by atoms with Crippen molar-refractivity contribution in [3.63, 3.8) is 0 Å². The van der Waals surface area contributed by atoms with Crippen LogP contribution in [-0.2, 0) is 12.2 Å². The number of nitrogens with zero attached hydrogens (tertiary/aromatic N) is 2. The molecule has 1 N–H and O–H groups in total. The molecule has 1 aromatic rings. The van der Waals surface area contributed by atoms with Crippen LogP contribution in [0.1, 0.15) is 10.6 Å². The second-order valence-corrected chi connectivity index (χ2v) is 5.39. The van der Waals surface area contributed by atoms with Crippen molar-refractivity contribution < 1.29 is 0 Å². The van der Waals surface area contributed by atoms with Crippen molar-refractivity contribution in [2.45, 2.75) is 12.2 Å². The number of rotatable bonds is 2. The van der Waals surface area contributed by atoms with E-state index in [-0.39, 0.29) is 0 Å². The first kappa shape index (κ1) is 9.30. The average molecular weight is 215 g/mol. The van der Waals surface area contributed by atoms with Crippen LogP contribution < -0.4 is 5.43 Å². The maximum Gasteiger partial charge on any atom is 0.197 e. The number of thioether (sulfide) groups is 1. The zero-order chi connectivity index (χ0) is 9.26. The number of hydrogen-bond acceptors (Lipinski definition) is 5. The summed E-state index contributed by atoms with van der Waals surface area (Å²) in [5.74, 6) is 2.36. The Balaban J connectivity index is 2.15. The molecule has 0 spiro atoms. The standard InChI is InChI=1S/C8H13N3S2/c1-11(2)10-8-9-6-3-4-12-5-7(6)13-8/h3-5H2,1-2H3,(H,9,10). The third-order valence-electron chi connectivity index (χ3n) is 1.81. The molecule has 2 heterocycles. The molecule has 0 atom stereocenters. The Morgan fingerprint density at radius 3 is 3.00 bits per heavy atom. The molecule has 0 saturated carbocycles. The Bertz CT molecular complexity index is 272. The maximum atomic E-state index is 4.54. The zero-order valence-electron chi connectivity index (χ0n) is 7.83. The van der Waals surface area contributed by atoms with Crippen LogP contribution in [0.2, 0.25) is 0 Å². The Hall–Kier alpha value is -0.260. The number of nitrogens with one attached hydrogen (secondary N) is 1. The van der Waals surface area contributed by atoms with Crippen LogP contribution in [-0.4, -0.2) is 29.8 Å². The highest BCUT2D eigenvalue weighted by molar-refractivity contribution is 7.98. The first-order valence-electron chi connectivity index (χ1n) is 4.26. The average Bonchev–Trinajstić information content (AvgIpc) is 2.44. The minimum absolute atomic E-state index is 1.03. The molecule has 1 aromatic heterocycles. The molecular formula is C8H13N3S2. The number of hydrogen-bond donors (Lipinski definition) is 1. The number of anilines is 1. The summed E-state index contributed by atoms with van der Waals surface area (Å²) < 4.78 is 0. The fourth-order valence-corrected chi connectivity index (χ4v) is 3.47. The Morgan fingerprint density at radius 1 is 1.46 bits per heavy atom. The molecule has 0 unspecified atom stereocenters. The molecule has 3 nitrogen and oxygen atoms in total. The van der Waals surface area contributed by atoms with Gasteiger partial charge in [-0.25, -0.2) is 9.99 Å². The topological polar surface area (TPSA) is 28.2 Å². The van der Waals surface area contributed by atoms with Crippen molar-refractivity contribution >= 4 is 28.2 Å². The third-order valence-corrected chi connectivity index (χ3v) is 3.98. The lowest BCUT2D eigenvalue weighted by atomic mass is 10.3. The minimum atomic E-state index is 1.03. The molecule has 2 rings (SSSR count). The van der Waals surface area contributed by atoms with E-state index < -0.39 is 0 Å². The first-order chi connectivity index (χ1) is 6.25. The highest BCUT2D eigenvalue weighted by Crippen LogP contribution is 2.31. The van der Waals surface area contributed by atoms with Crippen molar-refractivity contribution in [1.29, 1.82) is 0 Å². The number of fused-ring (bicyclic) bond motifs is 1. The monoisotopic (exact) mass is 215 g/mol. The lowest BCUT2D eigenvalue weighted by Gasteiger charge is -2.08. The zero-order valence-corrected chi connectivity index (χ0v) is 9.47. The van der Waals surface area contributed by atoms with E-state index in [1.807, 2.05) is 30.9 Å². The molecule has 0 bridgehead atoms. The van der Waals surface area contributed by atoms with E-state index in [1.165, 1.54) is 16.3 Å². The predicted molar refractivity (Wildman–Crippen MR) is 59.3 cm³/mol. The van der Waals surface area contributed by atoms with Crippen molar-refractivity contribution in [2.24, 2.45) is 0 Å². The molecule has 1 aliphatic rings. The molecule has 0 aromatic carbocycles. The predicted octanol–water partition coefficient (Wildman–Crippen LogP) is 1.82. The Morgan fingerprint density at radius 2 is 2.31 bits per heavy atom. The Kier molecular flexibility index (Phi) is 2.76. The summed E-state index contributed by atoms with van der Waals surface area (Å²) in [4.78, 5) is 5.99. The van der Waals surface area contributed by atoms with Gasteiger partial charge >= 0.3 is 0 Å². The van der Waals surface area contributed by atoms with Gasteiger partial charge in [0.2, 0.25) is 0 Å². The van der Waals surface area contributed by atoms with Crippen LogP contribution in [0, 0.1) is 0 Å². The van der Waals surface area contributed by atoms with E-state index in [9.17, 15) is 0 Å². The molecule has 5 heteroatoms. The second-order valence-electron chi connectivity index (χ2n) is 3.20. The summed E-state index contributed by atoms with van der Waals surface area (Å²) in [6.07, 6.45) is 1.13. The lowest BCUT2D eigenvalue weighted by Crippen LogP contribution is -2.19. The van der Waals surface area contributed by atoms with Gasteiger partial charge in [0.25, 0.3) is 0 Å². The van der Waals surface area contributed by atoms with Gasteiger partial charge in [0, 0.05) is 24.7 Å². The van der Waals surface area contributed by atoms with Gasteiger partial charge in [-0.2, -0.15) is 11.8 Å². The molecule has 0 radical (unpaired) electrons. The van der Waals surface area contributed by atoms with E-state index in [1.54, 1.807) is 11.3 Å². The normalized spacial score (nSPS) is 15.9. The van der Waals surface area contributed by atoms with Gasteiger partial charge in [-0.15, -0.1) is 0 Å². The lowest BCUT2D eigenvalue weighted by molar-refractivity contribution is 0.494. The first-order valence-corrected chi connectivity index (χ1v) is 6.23. The van der Waals surface area contributed by atoms with Crippen LogP contribution in [0.4, 0.5) is 5.13 Å². The number of hydrazine groups is 1. The molecule has 72 valence electrons. The molecule has 0 saturated heterocycles. The van der Waals surface area contributed by atoms with Gasteiger partial charge in [0.05, 0.1) is 5.69 Å². The summed E-state index contributed by atoms with van der Waals surface area (Å²) in [7, 11) is 3.96. The van der Waals surface area contributed by atoms with E-state index in [0.717, 1.165) is 17.3 Å². The fraction of sp³-hybridized carbons (Fsp3) is 0.625. The number of thiazole rings is 1. The third kappa shape index (κ3) is 2.15. The van der Waals surface area contributed by atoms with Crippen molar-refractivity contribution in [3.8, 4) is 0 Å². The van der Waals surface area contributed by atoms with Gasteiger partial charge in [-0.1, -0.05) is 11.3 Å². The quantitative estimate of drug-likeness (QED) is 0.762. The number of aryl methyl sites for hydroxylation is 1. The van der Waals surface area contributed by atoms with Gasteiger partial charge in [-0.05, 0) is 12.2 Å². The van der Waals surface area contributed by atoms with Crippen LogP contribution in [0.3, 0.4) is 0 Å². The van der Waals surface area contributed by atoms with Crippen molar-refractivity contribution in [1.82, 2.24) is 9.99 Å². The van der Waals surface area contributed by atoms with E-state index in [4.69, 9.17) is 0 Å². The summed E-state index contributed by atoms with van der Waals surface area (Å²) >= 11 is 3.78. The summed E-state index contributed by atoms with van der Waals surface area (Å²) in [6.45, 7) is 0. The Labute approximate surface area is 86.5 Å². The van der Waals surface area contributed by atoms with Gasteiger partial charge in [0.1, 0.15) is 0 Å². The largest absolute Gasteiger partial charge is 0.295 e. The molecular weight excluding hydrogens is 202 g/mol. The molecule has 0 aliphatic carbocycles. The smallest absolute Gasteiger partial charge is 0.197 e. The van der Waals surface area contributed by atoms with Crippen LogP contribution >= 0.6 is 23.1 Å². The molecule has 0 amide bonds. The molecule has 1 aliphatic heterocycles. The van der Waals surface area contributed by atoms with Gasteiger partial charge < -0.3 is 0 Å². The van der Waals surface area contributed by atoms with Crippen LogP contribution in [0.25, 0.3) is 0 Å². The number of aromatic nitrogens is 1. The molecule has 13 heavy (non-hydrogen) atoms. The summed E-state index contributed by atoms with van der Waals surface area (Å²) in [6, 6.07) is 0. The second kappa shape index (κ2) is 3.86. The minimum Gasteiger partial charge on any atom is -0.295 e.